The fourth-order valence-electron chi connectivity index (χ4n) is 3.75. The number of likely N-dealkylation sites (tertiary alicyclic amines) is 1. The van der Waals surface area contributed by atoms with Crippen molar-refractivity contribution in [1.82, 2.24) is 9.88 Å². The number of pyridine rings is 1. The summed E-state index contributed by atoms with van der Waals surface area (Å²) in [7, 11) is 0. The van der Waals surface area contributed by atoms with Crippen LogP contribution in [-0.2, 0) is 16.1 Å². The van der Waals surface area contributed by atoms with Gasteiger partial charge in [-0.3, -0.25) is 14.6 Å². The molecule has 2 aromatic carbocycles. The topological polar surface area (TPSA) is 79.7 Å². The predicted molar refractivity (Wildman–Crippen MR) is 116 cm³/mol. The van der Waals surface area contributed by atoms with E-state index in [1.165, 1.54) is 17.0 Å². The Morgan fingerprint density at radius 2 is 1.81 bits per heavy atom. The number of halogens is 1. The summed E-state index contributed by atoms with van der Waals surface area (Å²) < 4.78 is 18.7. The molecule has 1 aliphatic rings. The summed E-state index contributed by atoms with van der Waals surface area (Å²) in [5, 5.41) is 11.1. The van der Waals surface area contributed by atoms with Gasteiger partial charge in [0.1, 0.15) is 17.3 Å². The first kappa shape index (κ1) is 21.2. The zero-order valence-corrected chi connectivity index (χ0v) is 17.4. The Kier molecular flexibility index (Phi) is 5.98. The fraction of sp³-hybridized carbons (Fsp3) is 0.160. The van der Waals surface area contributed by atoms with Crippen LogP contribution >= 0.6 is 0 Å². The van der Waals surface area contributed by atoms with Crippen molar-refractivity contribution in [3.63, 3.8) is 0 Å². The first-order chi connectivity index (χ1) is 15.5. The Morgan fingerprint density at radius 3 is 2.44 bits per heavy atom. The number of benzene rings is 2. The highest BCUT2D eigenvalue weighted by Crippen LogP contribution is 2.40. The molecule has 1 N–H and O–H groups in total. The molecule has 3 aromatic rings. The molecule has 4 rings (SSSR count). The molecule has 1 atom stereocenters. The van der Waals surface area contributed by atoms with Gasteiger partial charge in [-0.05, 0) is 60.5 Å². The van der Waals surface area contributed by atoms with Crippen LogP contribution in [0.1, 0.15) is 29.7 Å². The summed E-state index contributed by atoms with van der Waals surface area (Å²) >= 11 is 0. The van der Waals surface area contributed by atoms with Crippen LogP contribution in [0.5, 0.6) is 5.75 Å². The molecular formula is C25H21FN2O4. The van der Waals surface area contributed by atoms with E-state index in [1.807, 2.05) is 6.92 Å². The van der Waals surface area contributed by atoms with Gasteiger partial charge in [0.25, 0.3) is 11.7 Å². The smallest absolute Gasteiger partial charge is 0.295 e. The summed E-state index contributed by atoms with van der Waals surface area (Å²) in [6.45, 7) is 2.44. The lowest BCUT2D eigenvalue weighted by Gasteiger charge is -2.25. The molecule has 162 valence electrons. The summed E-state index contributed by atoms with van der Waals surface area (Å²) in [5.74, 6) is -1.57. The molecule has 1 unspecified atom stereocenters. The van der Waals surface area contributed by atoms with Crippen LogP contribution in [0.4, 0.5) is 4.39 Å². The van der Waals surface area contributed by atoms with E-state index in [9.17, 15) is 19.1 Å². The van der Waals surface area contributed by atoms with E-state index in [0.717, 1.165) is 0 Å². The van der Waals surface area contributed by atoms with Gasteiger partial charge in [0.05, 0.1) is 18.2 Å². The van der Waals surface area contributed by atoms with E-state index in [-0.39, 0.29) is 17.9 Å². The van der Waals surface area contributed by atoms with Crippen LogP contribution in [0.15, 0.2) is 78.6 Å². The minimum absolute atomic E-state index is 0.0192. The molecule has 7 heteroatoms. The molecule has 1 fully saturated rings. The number of carbonyl (C=O) groups is 2. The number of Topliss-reactive ketones (excluding diaryl/α,β-unsaturated/α-hetero) is 1. The van der Waals surface area contributed by atoms with Crippen molar-refractivity contribution in [3.05, 3.63) is 101 Å². The number of ketones is 1. The highest BCUT2D eigenvalue weighted by atomic mass is 19.1. The molecule has 0 aliphatic carbocycles. The maximum absolute atomic E-state index is 13.3. The third-order valence-electron chi connectivity index (χ3n) is 5.25. The number of aliphatic hydroxyl groups is 1. The second-order valence-electron chi connectivity index (χ2n) is 7.30. The SMILES string of the molecule is CCOc1ccc(/C(O)=C2/C(=O)C(=O)N(Cc3ccc(F)cc3)C2c2cccnc2)cc1. The van der Waals surface area contributed by atoms with Gasteiger partial charge in [0, 0.05) is 24.5 Å². The van der Waals surface area contributed by atoms with E-state index in [4.69, 9.17) is 4.74 Å². The second kappa shape index (κ2) is 9.01. The third kappa shape index (κ3) is 4.09. The van der Waals surface area contributed by atoms with Gasteiger partial charge in [-0.2, -0.15) is 0 Å². The molecule has 6 nitrogen and oxygen atoms in total. The molecular weight excluding hydrogens is 411 g/mol. The molecule has 0 bridgehead atoms. The van der Waals surface area contributed by atoms with Gasteiger partial charge in [0.15, 0.2) is 0 Å². The van der Waals surface area contributed by atoms with E-state index >= 15 is 0 Å². The first-order valence-electron chi connectivity index (χ1n) is 10.2. The Hall–Kier alpha value is -4.00. The molecule has 1 aliphatic heterocycles. The van der Waals surface area contributed by atoms with Crippen molar-refractivity contribution in [2.75, 3.05) is 6.61 Å². The molecule has 0 radical (unpaired) electrons. The van der Waals surface area contributed by atoms with Crippen LogP contribution in [0.25, 0.3) is 5.76 Å². The van der Waals surface area contributed by atoms with Crippen LogP contribution < -0.4 is 4.74 Å². The van der Waals surface area contributed by atoms with Crippen LogP contribution in [0.2, 0.25) is 0 Å². The van der Waals surface area contributed by atoms with Crippen molar-refractivity contribution in [3.8, 4) is 5.75 Å². The molecule has 2 heterocycles. The van der Waals surface area contributed by atoms with Crippen molar-refractivity contribution >= 4 is 17.4 Å². The van der Waals surface area contributed by atoms with Crippen molar-refractivity contribution < 1.29 is 23.8 Å². The number of carbonyl (C=O) groups excluding carboxylic acids is 2. The van der Waals surface area contributed by atoms with Gasteiger partial charge in [0.2, 0.25) is 0 Å². The molecule has 0 saturated carbocycles. The maximum Gasteiger partial charge on any atom is 0.295 e. The molecule has 1 saturated heterocycles. The normalized spacial score (nSPS) is 17.6. The lowest BCUT2D eigenvalue weighted by Crippen LogP contribution is -2.29. The largest absolute Gasteiger partial charge is 0.507 e. The van der Waals surface area contributed by atoms with Gasteiger partial charge in [-0.25, -0.2) is 4.39 Å². The molecule has 32 heavy (non-hydrogen) atoms. The van der Waals surface area contributed by atoms with E-state index in [0.29, 0.717) is 29.0 Å². The number of aromatic nitrogens is 1. The quantitative estimate of drug-likeness (QED) is 0.358. The highest BCUT2D eigenvalue weighted by Gasteiger charge is 2.46. The lowest BCUT2D eigenvalue weighted by atomic mass is 9.96. The fourth-order valence-corrected chi connectivity index (χ4v) is 3.75. The molecule has 1 aromatic heterocycles. The number of rotatable bonds is 6. The first-order valence-corrected chi connectivity index (χ1v) is 10.2. The minimum Gasteiger partial charge on any atom is -0.507 e. The third-order valence-corrected chi connectivity index (χ3v) is 5.25. The summed E-state index contributed by atoms with van der Waals surface area (Å²) in [4.78, 5) is 31.5. The number of amides is 1. The van der Waals surface area contributed by atoms with Crippen molar-refractivity contribution in [1.29, 1.82) is 0 Å². The highest BCUT2D eigenvalue weighted by molar-refractivity contribution is 6.46. The van der Waals surface area contributed by atoms with Gasteiger partial charge in [-0.15, -0.1) is 0 Å². The minimum atomic E-state index is -0.833. The standard InChI is InChI=1S/C25H21FN2O4/c1-2-32-20-11-7-17(8-12-20)23(29)21-22(18-4-3-13-27-14-18)28(25(31)24(21)30)15-16-5-9-19(26)10-6-16/h3-14,22,29H,2,15H2,1H3/b23-21-. The van der Waals surface area contributed by atoms with Crippen LogP contribution in [0.3, 0.4) is 0 Å². The maximum atomic E-state index is 13.3. The van der Waals surface area contributed by atoms with E-state index < -0.39 is 23.5 Å². The predicted octanol–water partition coefficient (Wildman–Crippen LogP) is 4.24. The zero-order chi connectivity index (χ0) is 22.7. The average molecular weight is 432 g/mol. The zero-order valence-electron chi connectivity index (χ0n) is 17.4. The van der Waals surface area contributed by atoms with Crippen LogP contribution in [-0.4, -0.2) is 33.3 Å². The monoisotopic (exact) mass is 432 g/mol. The Bertz CT molecular complexity index is 1160. The Balaban J connectivity index is 1.79. The van der Waals surface area contributed by atoms with E-state index in [1.54, 1.807) is 60.9 Å². The van der Waals surface area contributed by atoms with E-state index in [2.05, 4.69) is 4.98 Å². The number of hydrogen-bond donors (Lipinski definition) is 1. The lowest BCUT2D eigenvalue weighted by molar-refractivity contribution is -0.140. The summed E-state index contributed by atoms with van der Waals surface area (Å²) in [5.41, 5.74) is 1.61. The molecule has 0 spiro atoms. The number of ether oxygens (including phenoxy) is 1. The van der Waals surface area contributed by atoms with Crippen LogP contribution in [0, 0.1) is 5.82 Å². The summed E-state index contributed by atoms with van der Waals surface area (Å²) in [6, 6.07) is 15.0. The second-order valence-corrected chi connectivity index (χ2v) is 7.30. The molecule has 1 amide bonds. The number of nitrogens with zero attached hydrogens (tertiary/aromatic N) is 2. The number of aliphatic hydroxyl groups excluding tert-OH is 1. The Labute approximate surface area is 184 Å². The average Bonchev–Trinajstić information content (AvgIpc) is 3.06. The van der Waals surface area contributed by atoms with Crippen molar-refractivity contribution in [2.24, 2.45) is 0 Å². The van der Waals surface area contributed by atoms with Crippen molar-refractivity contribution in [2.45, 2.75) is 19.5 Å². The number of hydrogen-bond acceptors (Lipinski definition) is 5. The van der Waals surface area contributed by atoms with Gasteiger partial charge in [-0.1, -0.05) is 18.2 Å². The van der Waals surface area contributed by atoms with Gasteiger partial charge >= 0.3 is 0 Å². The van der Waals surface area contributed by atoms with Gasteiger partial charge < -0.3 is 14.7 Å². The Morgan fingerprint density at radius 1 is 1.09 bits per heavy atom. The summed E-state index contributed by atoms with van der Waals surface area (Å²) in [6.07, 6.45) is 3.14.